The van der Waals surface area contributed by atoms with Crippen LogP contribution in [-0.4, -0.2) is 0 Å². The Morgan fingerprint density at radius 1 is 0.941 bits per heavy atom. The van der Waals surface area contributed by atoms with Crippen LogP contribution in [-0.2, 0) is 0 Å². The van der Waals surface area contributed by atoms with Gasteiger partial charge in [0.25, 0.3) is 0 Å². The standard InChI is InChI=1S/C13H8BrCl2F/c14-13(8-4-6-9(17)7-5-8)12-10(15)2-1-3-11(12)16/h1-7,13H. The molecule has 0 saturated heterocycles. The molecule has 0 aliphatic rings. The lowest BCUT2D eigenvalue weighted by Crippen LogP contribution is -1.95. The average Bonchev–Trinajstić information content (AvgIpc) is 2.29. The van der Waals surface area contributed by atoms with Crippen molar-refractivity contribution in [3.63, 3.8) is 0 Å². The quantitative estimate of drug-likeness (QED) is 0.626. The maximum Gasteiger partial charge on any atom is 0.123 e. The molecule has 0 aliphatic heterocycles. The maximum atomic E-state index is 12.8. The van der Waals surface area contributed by atoms with Crippen molar-refractivity contribution in [2.24, 2.45) is 0 Å². The third-order valence-electron chi connectivity index (χ3n) is 2.42. The second-order valence-electron chi connectivity index (χ2n) is 3.55. The van der Waals surface area contributed by atoms with Gasteiger partial charge in [-0.25, -0.2) is 4.39 Å². The van der Waals surface area contributed by atoms with E-state index >= 15 is 0 Å². The van der Waals surface area contributed by atoms with E-state index in [4.69, 9.17) is 23.2 Å². The Labute approximate surface area is 117 Å². The average molecular weight is 334 g/mol. The number of hydrogen-bond donors (Lipinski definition) is 0. The zero-order chi connectivity index (χ0) is 12.4. The molecule has 2 aromatic rings. The summed E-state index contributed by atoms with van der Waals surface area (Å²) in [4.78, 5) is -0.149. The fraction of sp³-hybridized carbons (Fsp3) is 0.0769. The maximum absolute atomic E-state index is 12.8. The van der Waals surface area contributed by atoms with Gasteiger partial charge in [-0.3, -0.25) is 0 Å². The van der Waals surface area contributed by atoms with E-state index in [1.807, 2.05) is 0 Å². The Morgan fingerprint density at radius 3 is 2.00 bits per heavy atom. The monoisotopic (exact) mass is 332 g/mol. The van der Waals surface area contributed by atoms with Crippen molar-refractivity contribution < 1.29 is 4.39 Å². The van der Waals surface area contributed by atoms with Crippen molar-refractivity contribution in [2.75, 3.05) is 0 Å². The number of rotatable bonds is 2. The highest BCUT2D eigenvalue weighted by Gasteiger charge is 2.16. The van der Waals surface area contributed by atoms with Crippen molar-refractivity contribution in [1.82, 2.24) is 0 Å². The Morgan fingerprint density at radius 2 is 1.47 bits per heavy atom. The van der Waals surface area contributed by atoms with Gasteiger partial charge in [0.05, 0.1) is 4.83 Å². The molecule has 0 aliphatic carbocycles. The van der Waals surface area contributed by atoms with Gasteiger partial charge < -0.3 is 0 Å². The van der Waals surface area contributed by atoms with E-state index in [1.165, 1.54) is 12.1 Å². The third-order valence-corrected chi connectivity index (χ3v) is 4.06. The van der Waals surface area contributed by atoms with E-state index in [9.17, 15) is 4.39 Å². The van der Waals surface area contributed by atoms with Crippen LogP contribution >= 0.6 is 39.1 Å². The summed E-state index contributed by atoms with van der Waals surface area (Å²) in [6.07, 6.45) is 0. The molecule has 1 atom stereocenters. The first-order chi connectivity index (χ1) is 8.09. The molecule has 0 nitrogen and oxygen atoms in total. The molecule has 1 unspecified atom stereocenters. The van der Waals surface area contributed by atoms with Gasteiger partial charge in [-0.1, -0.05) is 57.3 Å². The Bertz CT molecular complexity index is 505. The highest BCUT2D eigenvalue weighted by molar-refractivity contribution is 9.09. The molecule has 0 bridgehead atoms. The summed E-state index contributed by atoms with van der Waals surface area (Å²) in [6.45, 7) is 0. The minimum atomic E-state index is -0.265. The van der Waals surface area contributed by atoms with Crippen LogP contribution in [0.25, 0.3) is 0 Å². The molecule has 0 saturated carbocycles. The summed E-state index contributed by atoms with van der Waals surface area (Å²) in [6, 6.07) is 11.6. The van der Waals surface area contributed by atoms with Gasteiger partial charge in [0.15, 0.2) is 0 Å². The summed E-state index contributed by atoms with van der Waals surface area (Å²) in [5.74, 6) is -0.265. The molecule has 0 radical (unpaired) electrons. The van der Waals surface area contributed by atoms with Crippen molar-refractivity contribution in [3.05, 3.63) is 69.5 Å². The van der Waals surface area contributed by atoms with Gasteiger partial charge in [-0.05, 0) is 29.8 Å². The minimum Gasteiger partial charge on any atom is -0.207 e. The largest absolute Gasteiger partial charge is 0.207 e. The third kappa shape index (κ3) is 2.82. The molecule has 0 spiro atoms. The van der Waals surface area contributed by atoms with Gasteiger partial charge in [0.1, 0.15) is 5.82 Å². The van der Waals surface area contributed by atoms with E-state index in [0.717, 1.165) is 11.1 Å². The van der Waals surface area contributed by atoms with Crippen molar-refractivity contribution in [3.8, 4) is 0 Å². The molecule has 0 heterocycles. The lowest BCUT2D eigenvalue weighted by molar-refractivity contribution is 0.627. The number of hydrogen-bond acceptors (Lipinski definition) is 0. The first-order valence-corrected chi connectivity index (χ1v) is 6.60. The molecule has 4 heteroatoms. The molecule has 0 N–H and O–H groups in total. The molecule has 0 amide bonds. The molecular weight excluding hydrogens is 326 g/mol. The van der Waals surface area contributed by atoms with Crippen LogP contribution < -0.4 is 0 Å². The summed E-state index contributed by atoms with van der Waals surface area (Å²) >= 11 is 15.8. The van der Waals surface area contributed by atoms with E-state index in [2.05, 4.69) is 15.9 Å². The number of benzene rings is 2. The summed E-state index contributed by atoms with van der Waals surface area (Å²) < 4.78 is 12.8. The highest BCUT2D eigenvalue weighted by atomic mass is 79.9. The smallest absolute Gasteiger partial charge is 0.123 e. The van der Waals surface area contributed by atoms with Crippen LogP contribution in [0.5, 0.6) is 0 Å². The van der Waals surface area contributed by atoms with Gasteiger partial charge in [0.2, 0.25) is 0 Å². The van der Waals surface area contributed by atoms with Crippen molar-refractivity contribution >= 4 is 39.1 Å². The predicted molar refractivity (Wildman–Crippen MR) is 73.6 cm³/mol. The highest BCUT2D eigenvalue weighted by Crippen LogP contribution is 2.39. The first kappa shape index (κ1) is 12.9. The van der Waals surface area contributed by atoms with Crippen LogP contribution in [0.1, 0.15) is 16.0 Å². The zero-order valence-corrected chi connectivity index (χ0v) is 11.7. The summed E-state index contributed by atoms with van der Waals surface area (Å²) in [5, 5.41) is 1.17. The summed E-state index contributed by atoms with van der Waals surface area (Å²) in [7, 11) is 0. The molecule has 17 heavy (non-hydrogen) atoms. The SMILES string of the molecule is Fc1ccc(C(Br)c2c(Cl)cccc2Cl)cc1. The number of halogens is 4. The zero-order valence-electron chi connectivity index (χ0n) is 8.63. The van der Waals surface area contributed by atoms with Crippen LogP contribution in [0.4, 0.5) is 4.39 Å². The Hall–Kier alpha value is -0.570. The van der Waals surface area contributed by atoms with Gasteiger partial charge in [-0.2, -0.15) is 0 Å². The molecule has 0 fully saturated rings. The van der Waals surface area contributed by atoms with Gasteiger partial charge in [0, 0.05) is 15.6 Å². The summed E-state index contributed by atoms with van der Waals surface area (Å²) in [5.41, 5.74) is 1.70. The fourth-order valence-electron chi connectivity index (χ4n) is 1.55. The number of alkyl halides is 1. The second kappa shape index (κ2) is 5.38. The fourth-order valence-corrected chi connectivity index (χ4v) is 3.23. The predicted octanol–water partition coefficient (Wildman–Crippen LogP) is 5.62. The van der Waals surface area contributed by atoms with Crippen LogP contribution in [0.3, 0.4) is 0 Å². The lowest BCUT2D eigenvalue weighted by Gasteiger charge is -2.14. The van der Waals surface area contributed by atoms with Crippen molar-refractivity contribution in [2.45, 2.75) is 4.83 Å². The van der Waals surface area contributed by atoms with Crippen molar-refractivity contribution in [1.29, 1.82) is 0 Å². The molecule has 2 rings (SSSR count). The van der Waals surface area contributed by atoms with E-state index in [-0.39, 0.29) is 10.6 Å². The molecule has 0 aromatic heterocycles. The first-order valence-electron chi connectivity index (χ1n) is 4.93. The van der Waals surface area contributed by atoms with Gasteiger partial charge >= 0.3 is 0 Å². The molecule has 88 valence electrons. The Kier molecular flexibility index (Phi) is 4.08. The van der Waals surface area contributed by atoms with Gasteiger partial charge in [-0.15, -0.1) is 0 Å². The minimum absolute atomic E-state index is 0.149. The lowest BCUT2D eigenvalue weighted by atomic mass is 10.0. The van der Waals surface area contributed by atoms with E-state index in [1.54, 1.807) is 30.3 Å². The molecular formula is C13H8BrCl2F. The van der Waals surface area contributed by atoms with E-state index < -0.39 is 0 Å². The van der Waals surface area contributed by atoms with E-state index in [0.29, 0.717) is 10.0 Å². The molecule has 2 aromatic carbocycles. The Balaban J connectivity index is 2.43. The van der Waals surface area contributed by atoms with Crippen LogP contribution in [0.2, 0.25) is 10.0 Å². The second-order valence-corrected chi connectivity index (χ2v) is 5.28. The topological polar surface area (TPSA) is 0 Å². The van der Waals surface area contributed by atoms with Crippen LogP contribution in [0.15, 0.2) is 42.5 Å². The van der Waals surface area contributed by atoms with Crippen LogP contribution in [0, 0.1) is 5.82 Å². The normalized spacial score (nSPS) is 12.5.